The highest BCUT2D eigenvalue weighted by Gasteiger charge is 2.16. The van der Waals surface area contributed by atoms with Crippen LogP contribution in [0.15, 0.2) is 33.7 Å². The van der Waals surface area contributed by atoms with Crippen molar-refractivity contribution in [3.05, 3.63) is 41.7 Å². The minimum absolute atomic E-state index is 0. The quantitative estimate of drug-likeness (QED) is 0.185. The Morgan fingerprint density at radius 2 is 2.13 bits per heavy atom. The summed E-state index contributed by atoms with van der Waals surface area (Å²) in [5.74, 6) is 3.83. The molecule has 0 saturated heterocycles. The summed E-state index contributed by atoms with van der Waals surface area (Å²) in [5, 5.41) is 15.9. The number of aliphatic imine (C=N–C) groups is 1. The van der Waals surface area contributed by atoms with Gasteiger partial charge in [0.05, 0.1) is 19.3 Å². The normalized spacial score (nSPS) is 12.5. The Labute approximate surface area is 199 Å². The van der Waals surface area contributed by atoms with Crippen molar-refractivity contribution in [1.82, 2.24) is 25.4 Å². The van der Waals surface area contributed by atoms with Crippen molar-refractivity contribution >= 4 is 40.9 Å². The molecule has 1 aromatic carbocycles. The van der Waals surface area contributed by atoms with Crippen molar-refractivity contribution < 1.29 is 13.9 Å². The van der Waals surface area contributed by atoms with Crippen LogP contribution in [-0.4, -0.2) is 47.6 Å². The van der Waals surface area contributed by atoms with Gasteiger partial charge in [-0.1, -0.05) is 12.1 Å². The van der Waals surface area contributed by atoms with E-state index in [0.29, 0.717) is 32.3 Å². The fraction of sp³-hybridized carbons (Fsp3) is 0.476. The number of hydrogen-bond donors (Lipinski definition) is 2. The molecule has 0 aliphatic carbocycles. The molecule has 2 N–H and O–H groups in total. The van der Waals surface area contributed by atoms with E-state index < -0.39 is 0 Å². The van der Waals surface area contributed by atoms with Gasteiger partial charge >= 0.3 is 0 Å². The number of rotatable bonds is 9. The summed E-state index contributed by atoms with van der Waals surface area (Å²) >= 11 is 0. The lowest BCUT2D eigenvalue weighted by atomic mass is 10.2. The topological polar surface area (TPSA) is 98.7 Å². The van der Waals surface area contributed by atoms with Crippen LogP contribution in [0.4, 0.5) is 0 Å². The molecule has 1 atom stereocenters. The lowest BCUT2D eigenvalue weighted by molar-refractivity contribution is 0.203. The molecule has 0 amide bonds. The first-order chi connectivity index (χ1) is 14.5. The number of nitrogens with zero attached hydrogens (tertiary/aromatic N) is 4. The molecular weight excluding hydrogens is 511 g/mol. The van der Waals surface area contributed by atoms with Gasteiger partial charge in [0.2, 0.25) is 0 Å². The van der Waals surface area contributed by atoms with E-state index in [4.69, 9.17) is 13.9 Å². The minimum Gasteiger partial charge on any atom is -0.490 e. The minimum atomic E-state index is -0.109. The Kier molecular flexibility index (Phi) is 9.56. The molecule has 0 bridgehead atoms. The van der Waals surface area contributed by atoms with Crippen LogP contribution in [0.1, 0.15) is 37.3 Å². The maximum atomic E-state index is 6.10. The van der Waals surface area contributed by atoms with E-state index in [2.05, 4.69) is 25.8 Å². The smallest absolute Gasteiger partial charge is 0.192 e. The third-order valence-electron chi connectivity index (χ3n) is 4.77. The Morgan fingerprint density at radius 3 is 2.81 bits per heavy atom. The maximum Gasteiger partial charge on any atom is 0.192 e. The largest absolute Gasteiger partial charge is 0.490 e. The molecule has 0 aliphatic rings. The Balaban J connectivity index is 0.00000341. The van der Waals surface area contributed by atoms with E-state index in [-0.39, 0.29) is 30.0 Å². The number of para-hydroxylation sites is 1. The summed E-state index contributed by atoms with van der Waals surface area (Å²) in [6.07, 6.45) is 0. The average Bonchev–Trinajstić information content (AvgIpc) is 3.31. The van der Waals surface area contributed by atoms with Crippen LogP contribution in [0, 0.1) is 6.92 Å². The third-order valence-corrected chi connectivity index (χ3v) is 4.77. The number of ether oxygens (including phenoxy) is 2. The maximum absolute atomic E-state index is 6.10. The molecule has 31 heavy (non-hydrogen) atoms. The highest BCUT2D eigenvalue weighted by molar-refractivity contribution is 14.0. The molecule has 9 nitrogen and oxygen atoms in total. The van der Waals surface area contributed by atoms with Crippen molar-refractivity contribution in [2.24, 2.45) is 12.0 Å². The Hall–Kier alpha value is -2.34. The van der Waals surface area contributed by atoms with Crippen molar-refractivity contribution in [2.75, 3.05) is 26.9 Å². The molecule has 0 saturated carbocycles. The van der Waals surface area contributed by atoms with Gasteiger partial charge in [-0.3, -0.25) is 0 Å². The molecule has 0 spiro atoms. The van der Waals surface area contributed by atoms with Gasteiger partial charge in [-0.25, -0.2) is 4.99 Å². The van der Waals surface area contributed by atoms with Crippen molar-refractivity contribution in [1.29, 1.82) is 0 Å². The molecule has 2 aromatic heterocycles. The zero-order valence-electron chi connectivity index (χ0n) is 18.6. The Bertz CT molecular complexity index is 1000. The van der Waals surface area contributed by atoms with Gasteiger partial charge in [0.1, 0.15) is 18.1 Å². The van der Waals surface area contributed by atoms with Crippen LogP contribution in [0.5, 0.6) is 5.75 Å². The first kappa shape index (κ1) is 24.9. The third kappa shape index (κ3) is 6.33. The summed E-state index contributed by atoms with van der Waals surface area (Å²) < 4.78 is 18.8. The molecule has 10 heteroatoms. The molecule has 0 radical (unpaired) electrons. The Morgan fingerprint density at radius 1 is 1.32 bits per heavy atom. The second-order valence-electron chi connectivity index (χ2n) is 6.93. The van der Waals surface area contributed by atoms with E-state index in [1.807, 2.05) is 56.7 Å². The second kappa shape index (κ2) is 11.9. The number of nitrogens with one attached hydrogen (secondary N) is 2. The van der Waals surface area contributed by atoms with Crippen LogP contribution in [0.25, 0.3) is 11.0 Å². The SMILES string of the molecule is CCOc1cccc2cc(C(C)NC(=NCc3nnc(C)n3C)NCCOC)oc12.I. The number of fused-ring (bicyclic) bond motifs is 1. The predicted molar refractivity (Wildman–Crippen MR) is 131 cm³/mol. The summed E-state index contributed by atoms with van der Waals surface area (Å²) in [5.41, 5.74) is 0.753. The molecule has 2 heterocycles. The lowest BCUT2D eigenvalue weighted by Crippen LogP contribution is -2.40. The van der Waals surface area contributed by atoms with Crippen LogP contribution in [0.3, 0.4) is 0 Å². The van der Waals surface area contributed by atoms with Gasteiger partial charge in [0.15, 0.2) is 23.1 Å². The number of aryl methyl sites for hydroxylation is 1. The van der Waals surface area contributed by atoms with E-state index in [1.54, 1.807) is 7.11 Å². The molecule has 3 rings (SSSR count). The highest BCUT2D eigenvalue weighted by Crippen LogP contribution is 2.31. The van der Waals surface area contributed by atoms with Crippen LogP contribution in [-0.2, 0) is 18.3 Å². The molecule has 0 aliphatic heterocycles. The van der Waals surface area contributed by atoms with Crippen molar-refractivity contribution in [2.45, 2.75) is 33.4 Å². The van der Waals surface area contributed by atoms with Gasteiger partial charge in [-0.15, -0.1) is 34.2 Å². The zero-order chi connectivity index (χ0) is 21.5. The lowest BCUT2D eigenvalue weighted by Gasteiger charge is -2.16. The standard InChI is InChI=1S/C21H30N6O3.HI/c1-6-29-17-9-7-8-16-12-18(30-20(16)17)14(2)24-21(22-10-11-28-5)23-13-19-26-25-15(3)27(19)4;/h7-9,12,14H,6,10-11,13H2,1-5H3,(H2,22,23,24);1H. The fourth-order valence-corrected chi connectivity index (χ4v) is 2.98. The number of aromatic nitrogens is 3. The van der Waals surface area contributed by atoms with Crippen molar-refractivity contribution in [3.8, 4) is 5.75 Å². The number of halogens is 1. The van der Waals surface area contributed by atoms with E-state index >= 15 is 0 Å². The van der Waals surface area contributed by atoms with Gasteiger partial charge in [-0.05, 0) is 32.9 Å². The number of furan rings is 1. The predicted octanol–water partition coefficient (Wildman–Crippen LogP) is 3.33. The van der Waals surface area contributed by atoms with E-state index in [9.17, 15) is 0 Å². The number of methoxy groups -OCH3 is 1. The van der Waals surface area contributed by atoms with Crippen LogP contribution < -0.4 is 15.4 Å². The molecule has 0 fully saturated rings. The number of benzene rings is 1. The molecule has 170 valence electrons. The fourth-order valence-electron chi connectivity index (χ4n) is 2.98. The number of guanidine groups is 1. The zero-order valence-corrected chi connectivity index (χ0v) is 21.0. The van der Waals surface area contributed by atoms with Crippen LogP contribution in [0.2, 0.25) is 0 Å². The van der Waals surface area contributed by atoms with E-state index in [0.717, 1.165) is 34.1 Å². The second-order valence-corrected chi connectivity index (χ2v) is 6.93. The first-order valence-corrected chi connectivity index (χ1v) is 10.1. The van der Waals surface area contributed by atoms with Gasteiger partial charge in [0, 0.05) is 26.1 Å². The van der Waals surface area contributed by atoms with Gasteiger partial charge in [-0.2, -0.15) is 0 Å². The van der Waals surface area contributed by atoms with Crippen molar-refractivity contribution in [3.63, 3.8) is 0 Å². The highest BCUT2D eigenvalue weighted by atomic mass is 127. The first-order valence-electron chi connectivity index (χ1n) is 10.1. The summed E-state index contributed by atoms with van der Waals surface area (Å²) in [6, 6.07) is 7.81. The molecule has 3 aromatic rings. The monoisotopic (exact) mass is 542 g/mol. The number of hydrogen-bond acceptors (Lipinski definition) is 6. The van der Waals surface area contributed by atoms with Gasteiger partial charge in [0.25, 0.3) is 0 Å². The van der Waals surface area contributed by atoms with E-state index in [1.165, 1.54) is 0 Å². The molecule has 1 unspecified atom stereocenters. The average molecular weight is 542 g/mol. The summed E-state index contributed by atoms with van der Waals surface area (Å²) in [7, 11) is 3.60. The van der Waals surface area contributed by atoms with Crippen LogP contribution >= 0.6 is 24.0 Å². The van der Waals surface area contributed by atoms with Gasteiger partial charge < -0.3 is 29.1 Å². The summed E-state index contributed by atoms with van der Waals surface area (Å²) in [6.45, 7) is 8.09. The summed E-state index contributed by atoms with van der Waals surface area (Å²) in [4.78, 5) is 4.66. The molecular formula is C21H31IN6O3.